The molecule has 4 amide bonds. The molecular weight excluding hydrogens is 478 g/mol. The maximum Gasteiger partial charge on any atom is 0.335 e. The number of nitriles is 1. The summed E-state index contributed by atoms with van der Waals surface area (Å²) in [6.07, 6.45) is 2.19. The third kappa shape index (κ3) is 4.81. The highest BCUT2D eigenvalue weighted by Crippen LogP contribution is 2.35. The Morgan fingerprint density at radius 2 is 1.78 bits per heavy atom. The number of anilines is 1. The Balaban J connectivity index is 2.01. The molecule has 1 N–H and O–H groups in total. The Hall–Kier alpha value is -3.64. The van der Waals surface area contributed by atoms with Crippen LogP contribution in [0.5, 0.6) is 11.5 Å². The Morgan fingerprint density at radius 3 is 2.41 bits per heavy atom. The van der Waals surface area contributed by atoms with E-state index in [1.165, 1.54) is 6.08 Å². The summed E-state index contributed by atoms with van der Waals surface area (Å²) >= 11 is 3.39. The first-order valence-corrected chi connectivity index (χ1v) is 10.6. The lowest BCUT2D eigenvalue weighted by molar-refractivity contribution is -0.122. The van der Waals surface area contributed by atoms with Crippen molar-refractivity contribution in [2.75, 3.05) is 18.1 Å². The van der Waals surface area contributed by atoms with E-state index in [0.29, 0.717) is 33.8 Å². The summed E-state index contributed by atoms with van der Waals surface area (Å²) in [5.74, 6) is -0.840. The highest BCUT2D eigenvalue weighted by atomic mass is 79.9. The summed E-state index contributed by atoms with van der Waals surface area (Å²) in [4.78, 5) is 38.9. The lowest BCUT2D eigenvalue weighted by Crippen LogP contribution is -2.54. The molecule has 0 unspecified atom stereocenters. The smallest absolute Gasteiger partial charge is 0.335 e. The molecule has 164 valence electrons. The number of nitrogens with zero attached hydrogens (tertiary/aromatic N) is 2. The minimum atomic E-state index is -0.810. The van der Waals surface area contributed by atoms with Gasteiger partial charge >= 0.3 is 6.03 Å². The van der Waals surface area contributed by atoms with E-state index >= 15 is 0 Å². The van der Waals surface area contributed by atoms with Gasteiger partial charge in [-0.3, -0.25) is 14.9 Å². The molecule has 0 bridgehead atoms. The number of imide groups is 2. The van der Waals surface area contributed by atoms with Crippen LogP contribution in [-0.2, 0) is 16.0 Å². The predicted molar refractivity (Wildman–Crippen MR) is 121 cm³/mol. The molecule has 0 atom stereocenters. The molecule has 0 saturated carbocycles. The van der Waals surface area contributed by atoms with Crippen molar-refractivity contribution in [3.8, 4) is 17.6 Å². The molecule has 1 aliphatic heterocycles. The van der Waals surface area contributed by atoms with Crippen molar-refractivity contribution in [2.45, 2.75) is 20.3 Å². The number of amides is 4. The summed E-state index contributed by atoms with van der Waals surface area (Å²) in [6.45, 7) is 3.97. The molecule has 9 heteroatoms. The fourth-order valence-corrected chi connectivity index (χ4v) is 3.52. The molecule has 2 aromatic carbocycles. The Labute approximate surface area is 193 Å². The molecule has 1 fully saturated rings. The Bertz CT molecular complexity index is 1140. The van der Waals surface area contributed by atoms with E-state index in [1.807, 2.05) is 25.1 Å². The average Bonchev–Trinajstić information content (AvgIpc) is 2.77. The average molecular weight is 498 g/mol. The molecule has 0 radical (unpaired) electrons. The Morgan fingerprint density at radius 1 is 1.09 bits per heavy atom. The number of rotatable bonds is 7. The first kappa shape index (κ1) is 23.0. The van der Waals surface area contributed by atoms with Crippen LogP contribution < -0.4 is 19.7 Å². The SMILES string of the molecule is CCOc1cc(/C=C2/C(=O)NC(=O)N(c3ccc(CC)cc3)C2=O)c(Br)cc1OCC#N. The van der Waals surface area contributed by atoms with E-state index in [4.69, 9.17) is 14.7 Å². The number of urea groups is 1. The van der Waals surface area contributed by atoms with Gasteiger partial charge in [-0.2, -0.15) is 5.26 Å². The third-order valence-electron chi connectivity index (χ3n) is 4.66. The molecule has 1 saturated heterocycles. The number of hydrogen-bond donors (Lipinski definition) is 1. The van der Waals surface area contributed by atoms with E-state index < -0.39 is 17.8 Å². The fourth-order valence-electron chi connectivity index (χ4n) is 3.08. The zero-order valence-electron chi connectivity index (χ0n) is 17.5. The number of carbonyl (C=O) groups is 3. The second-order valence-electron chi connectivity index (χ2n) is 6.68. The fraction of sp³-hybridized carbons (Fsp3) is 0.217. The Kier molecular flexibility index (Phi) is 7.28. The molecule has 0 spiro atoms. The van der Waals surface area contributed by atoms with Crippen LogP contribution in [-0.4, -0.2) is 31.1 Å². The van der Waals surface area contributed by atoms with Crippen LogP contribution in [0.15, 0.2) is 46.4 Å². The normalized spacial score (nSPS) is 14.9. The van der Waals surface area contributed by atoms with Gasteiger partial charge in [0.1, 0.15) is 11.6 Å². The van der Waals surface area contributed by atoms with Crippen molar-refractivity contribution in [2.24, 2.45) is 0 Å². The largest absolute Gasteiger partial charge is 0.490 e. The minimum absolute atomic E-state index is 0.165. The van der Waals surface area contributed by atoms with Gasteiger partial charge in [0.25, 0.3) is 11.8 Å². The highest BCUT2D eigenvalue weighted by Gasteiger charge is 2.37. The van der Waals surface area contributed by atoms with Gasteiger partial charge < -0.3 is 9.47 Å². The van der Waals surface area contributed by atoms with Crippen LogP contribution in [0.25, 0.3) is 6.08 Å². The summed E-state index contributed by atoms with van der Waals surface area (Å²) in [5.41, 5.74) is 1.67. The molecule has 32 heavy (non-hydrogen) atoms. The maximum atomic E-state index is 13.1. The van der Waals surface area contributed by atoms with Crippen LogP contribution in [0, 0.1) is 11.3 Å². The number of barbiturate groups is 1. The van der Waals surface area contributed by atoms with Crippen molar-refractivity contribution in [1.29, 1.82) is 5.26 Å². The van der Waals surface area contributed by atoms with Crippen LogP contribution in [0.4, 0.5) is 10.5 Å². The molecule has 0 aromatic heterocycles. The molecule has 1 aliphatic rings. The standard InChI is InChI=1S/C23H20BrN3O5/c1-3-14-5-7-16(8-6-14)27-22(29)17(21(28)26-23(27)30)11-15-12-19(31-4-2)20(13-18(15)24)32-10-9-25/h5-8,11-13H,3-4,10H2,1-2H3,(H,26,28,30)/b17-11-. The van der Waals surface area contributed by atoms with Crippen LogP contribution >= 0.6 is 15.9 Å². The van der Waals surface area contributed by atoms with Crippen molar-refractivity contribution >= 4 is 45.5 Å². The van der Waals surface area contributed by atoms with E-state index in [1.54, 1.807) is 31.2 Å². The number of carbonyl (C=O) groups excluding carboxylic acids is 3. The van der Waals surface area contributed by atoms with Crippen molar-refractivity contribution in [1.82, 2.24) is 5.32 Å². The lowest BCUT2D eigenvalue weighted by atomic mass is 10.1. The van der Waals surface area contributed by atoms with Gasteiger partial charge in [0, 0.05) is 4.47 Å². The third-order valence-corrected chi connectivity index (χ3v) is 5.35. The number of halogens is 1. The molecule has 8 nitrogen and oxygen atoms in total. The van der Waals surface area contributed by atoms with Crippen molar-refractivity contribution < 1.29 is 23.9 Å². The number of aryl methyl sites for hydroxylation is 1. The van der Waals surface area contributed by atoms with E-state index in [-0.39, 0.29) is 12.2 Å². The van der Waals surface area contributed by atoms with Gasteiger partial charge in [-0.25, -0.2) is 9.69 Å². The van der Waals surface area contributed by atoms with E-state index in [0.717, 1.165) is 16.9 Å². The van der Waals surface area contributed by atoms with Crippen LogP contribution in [0.1, 0.15) is 25.0 Å². The number of hydrogen-bond acceptors (Lipinski definition) is 6. The summed E-state index contributed by atoms with van der Waals surface area (Å²) in [5, 5.41) is 11.0. The predicted octanol–water partition coefficient (Wildman–Crippen LogP) is 3.98. The zero-order valence-corrected chi connectivity index (χ0v) is 19.1. The second-order valence-corrected chi connectivity index (χ2v) is 7.53. The molecule has 0 aliphatic carbocycles. The first-order valence-electron chi connectivity index (χ1n) is 9.86. The second kappa shape index (κ2) is 10.1. The van der Waals surface area contributed by atoms with Crippen LogP contribution in [0.3, 0.4) is 0 Å². The van der Waals surface area contributed by atoms with Gasteiger partial charge in [0.2, 0.25) is 0 Å². The van der Waals surface area contributed by atoms with E-state index in [2.05, 4.69) is 21.2 Å². The number of benzene rings is 2. The van der Waals surface area contributed by atoms with Gasteiger partial charge in [0.15, 0.2) is 18.1 Å². The van der Waals surface area contributed by atoms with Crippen LogP contribution in [0.2, 0.25) is 0 Å². The van der Waals surface area contributed by atoms with Gasteiger partial charge in [-0.05, 0) is 54.8 Å². The van der Waals surface area contributed by atoms with Crippen molar-refractivity contribution in [3.05, 3.63) is 57.6 Å². The molecule has 1 heterocycles. The minimum Gasteiger partial charge on any atom is -0.490 e. The summed E-state index contributed by atoms with van der Waals surface area (Å²) in [6, 6.07) is 11.2. The topological polar surface area (TPSA) is 109 Å². The zero-order chi connectivity index (χ0) is 23.3. The molecular formula is C23H20BrN3O5. The first-order chi connectivity index (χ1) is 15.4. The lowest BCUT2D eigenvalue weighted by Gasteiger charge is -2.26. The van der Waals surface area contributed by atoms with Gasteiger partial charge in [-0.15, -0.1) is 0 Å². The van der Waals surface area contributed by atoms with Crippen molar-refractivity contribution in [3.63, 3.8) is 0 Å². The summed E-state index contributed by atoms with van der Waals surface area (Å²) in [7, 11) is 0. The number of ether oxygens (including phenoxy) is 2. The number of nitrogens with one attached hydrogen (secondary N) is 1. The molecule has 3 rings (SSSR count). The van der Waals surface area contributed by atoms with Gasteiger partial charge in [-0.1, -0.05) is 35.0 Å². The maximum absolute atomic E-state index is 13.1. The van der Waals surface area contributed by atoms with E-state index in [9.17, 15) is 14.4 Å². The molecule has 2 aromatic rings. The quantitative estimate of drug-likeness (QED) is 0.457. The monoisotopic (exact) mass is 497 g/mol. The van der Waals surface area contributed by atoms with Gasteiger partial charge in [0.05, 0.1) is 12.3 Å². The summed E-state index contributed by atoms with van der Waals surface area (Å²) < 4.78 is 11.5. The highest BCUT2D eigenvalue weighted by molar-refractivity contribution is 9.10.